The minimum atomic E-state index is -1.57. The van der Waals surface area contributed by atoms with E-state index in [0.29, 0.717) is 12.8 Å². The number of rotatable bonds is 55. The average molecular weight is 1130 g/mol. The Hall–Kier alpha value is -3.67. The van der Waals surface area contributed by atoms with Gasteiger partial charge in [-0.2, -0.15) is 0 Å². The van der Waals surface area contributed by atoms with Gasteiger partial charge in [0, 0.05) is 6.42 Å². The zero-order valence-corrected chi connectivity index (χ0v) is 51.5. The normalized spacial score (nSPS) is 19.3. The van der Waals surface area contributed by atoms with Crippen molar-refractivity contribution in [2.45, 2.75) is 301 Å². The van der Waals surface area contributed by atoms with Crippen molar-refractivity contribution in [2.75, 3.05) is 13.2 Å². The van der Waals surface area contributed by atoms with Crippen molar-refractivity contribution >= 4 is 5.91 Å². The van der Waals surface area contributed by atoms with E-state index in [4.69, 9.17) is 9.47 Å². The summed E-state index contributed by atoms with van der Waals surface area (Å²) in [6.45, 7) is 3.72. The molecule has 9 nitrogen and oxygen atoms in total. The number of aliphatic hydroxyl groups is 5. The predicted molar refractivity (Wildman–Crippen MR) is 345 cm³/mol. The first-order valence-electron chi connectivity index (χ1n) is 32.9. The van der Waals surface area contributed by atoms with Gasteiger partial charge in [-0.25, -0.2) is 0 Å². The van der Waals surface area contributed by atoms with Gasteiger partial charge in [-0.1, -0.05) is 289 Å². The van der Waals surface area contributed by atoms with E-state index in [2.05, 4.69) is 153 Å². The van der Waals surface area contributed by atoms with Gasteiger partial charge in [0.1, 0.15) is 24.4 Å². The van der Waals surface area contributed by atoms with Crippen molar-refractivity contribution in [1.29, 1.82) is 0 Å². The lowest BCUT2D eigenvalue weighted by atomic mass is 9.99. The fourth-order valence-electron chi connectivity index (χ4n) is 9.64. The minimum absolute atomic E-state index is 0.153. The van der Waals surface area contributed by atoms with E-state index in [1.165, 1.54) is 103 Å². The summed E-state index contributed by atoms with van der Waals surface area (Å²) < 4.78 is 11.3. The number of nitrogens with one attached hydrogen (secondary N) is 1. The fraction of sp³-hybridized carbons (Fsp3) is 0.681. The van der Waals surface area contributed by atoms with Crippen LogP contribution in [0.15, 0.2) is 134 Å². The number of carbonyl (C=O) groups is 1. The molecule has 462 valence electrons. The quantitative estimate of drug-likeness (QED) is 0.0261. The van der Waals surface area contributed by atoms with Gasteiger partial charge < -0.3 is 40.3 Å². The van der Waals surface area contributed by atoms with Crippen LogP contribution in [0.2, 0.25) is 0 Å². The number of carbonyl (C=O) groups excluding carboxylic acids is 1. The highest BCUT2D eigenvalue weighted by Crippen LogP contribution is 2.23. The molecular formula is C72H121NO8. The van der Waals surface area contributed by atoms with Crippen molar-refractivity contribution in [1.82, 2.24) is 5.32 Å². The molecule has 0 aromatic carbocycles. The number of unbranched alkanes of at least 4 members (excludes halogenated alkanes) is 23. The van der Waals surface area contributed by atoms with Gasteiger partial charge in [0.2, 0.25) is 5.91 Å². The van der Waals surface area contributed by atoms with Crippen molar-refractivity contribution in [3.63, 3.8) is 0 Å². The molecule has 7 atom stereocenters. The average Bonchev–Trinajstić information content (AvgIpc) is 3.48. The summed E-state index contributed by atoms with van der Waals surface area (Å²) in [4.78, 5) is 13.1. The molecule has 1 fully saturated rings. The highest BCUT2D eigenvalue weighted by Gasteiger charge is 2.44. The topological polar surface area (TPSA) is 149 Å². The number of hydrogen-bond donors (Lipinski definition) is 6. The second kappa shape index (κ2) is 59.5. The van der Waals surface area contributed by atoms with Crippen LogP contribution in [0.1, 0.15) is 258 Å². The van der Waals surface area contributed by atoms with Crippen LogP contribution in [-0.2, 0) is 14.3 Å². The van der Waals surface area contributed by atoms with Gasteiger partial charge in [0.25, 0.3) is 0 Å². The lowest BCUT2D eigenvalue weighted by Gasteiger charge is -2.40. The molecule has 0 bridgehead atoms. The Kier molecular flexibility index (Phi) is 55.3. The molecule has 6 N–H and O–H groups in total. The van der Waals surface area contributed by atoms with Crippen LogP contribution in [0.5, 0.6) is 0 Å². The lowest BCUT2D eigenvalue weighted by Crippen LogP contribution is -2.60. The molecule has 0 aromatic rings. The molecule has 9 heteroatoms. The SMILES string of the molecule is CC/C=C\C/C=C\C/C=C\C/C=C\C/C=C\C/C=C\C/C=C\C/C=C\C/C=C\C/C=C\C/C=C\CCCCCCCC(=O)NC(COC1OC(CO)C(O)C(O)C1O)C(O)CCCCCCCCCCCCCCCCCCCCC. The molecule has 0 aromatic heterocycles. The zero-order chi connectivity index (χ0) is 58.6. The smallest absolute Gasteiger partial charge is 0.220 e. The second-order valence-electron chi connectivity index (χ2n) is 22.2. The maximum Gasteiger partial charge on any atom is 0.220 e. The molecule has 81 heavy (non-hydrogen) atoms. The van der Waals surface area contributed by atoms with Gasteiger partial charge in [0.05, 0.1) is 25.4 Å². The van der Waals surface area contributed by atoms with E-state index in [9.17, 15) is 30.3 Å². The lowest BCUT2D eigenvalue weighted by molar-refractivity contribution is -0.302. The number of aliphatic hydroxyl groups excluding tert-OH is 5. The van der Waals surface area contributed by atoms with Gasteiger partial charge >= 0.3 is 0 Å². The first kappa shape index (κ1) is 75.3. The third-order valence-electron chi connectivity index (χ3n) is 14.8. The molecule has 0 radical (unpaired) electrons. The molecule has 1 aliphatic heterocycles. The minimum Gasteiger partial charge on any atom is -0.394 e. The monoisotopic (exact) mass is 1130 g/mol. The summed E-state index contributed by atoms with van der Waals surface area (Å²) in [5.41, 5.74) is 0. The van der Waals surface area contributed by atoms with Crippen LogP contribution in [-0.4, -0.2) is 87.5 Å². The summed E-state index contributed by atoms with van der Waals surface area (Å²) in [6, 6.07) is -0.740. The third-order valence-corrected chi connectivity index (χ3v) is 14.8. The Balaban J connectivity index is 2.18. The first-order chi connectivity index (χ1) is 39.8. The van der Waals surface area contributed by atoms with Crippen LogP contribution < -0.4 is 5.32 Å². The molecular weight excluding hydrogens is 1010 g/mol. The van der Waals surface area contributed by atoms with E-state index >= 15 is 0 Å². The maximum absolute atomic E-state index is 13.1. The van der Waals surface area contributed by atoms with Gasteiger partial charge in [-0.3, -0.25) is 4.79 Å². The number of hydrogen-bond acceptors (Lipinski definition) is 8. The highest BCUT2D eigenvalue weighted by atomic mass is 16.7. The predicted octanol–water partition coefficient (Wildman–Crippen LogP) is 17.6. The van der Waals surface area contributed by atoms with E-state index in [1.807, 2.05) is 0 Å². The number of allylic oxidation sites excluding steroid dienone is 22. The Morgan fingerprint density at radius 2 is 0.765 bits per heavy atom. The maximum atomic E-state index is 13.1. The largest absolute Gasteiger partial charge is 0.394 e. The Labute approximate surface area is 496 Å². The second-order valence-corrected chi connectivity index (χ2v) is 22.2. The van der Waals surface area contributed by atoms with E-state index in [-0.39, 0.29) is 12.5 Å². The molecule has 7 unspecified atom stereocenters. The fourth-order valence-corrected chi connectivity index (χ4v) is 9.64. The molecule has 1 amide bonds. The summed E-state index contributed by atoms with van der Waals surface area (Å²) >= 11 is 0. The van der Waals surface area contributed by atoms with E-state index in [1.54, 1.807) is 0 Å². The van der Waals surface area contributed by atoms with Crippen LogP contribution >= 0.6 is 0 Å². The molecule has 0 spiro atoms. The highest BCUT2D eigenvalue weighted by molar-refractivity contribution is 5.76. The third kappa shape index (κ3) is 48.4. The van der Waals surface area contributed by atoms with Crippen LogP contribution in [0, 0.1) is 0 Å². The zero-order valence-electron chi connectivity index (χ0n) is 51.5. The number of amides is 1. The Morgan fingerprint density at radius 3 is 1.14 bits per heavy atom. The Morgan fingerprint density at radius 1 is 0.432 bits per heavy atom. The molecule has 1 heterocycles. The standard InChI is InChI=1S/C72H121NO8/c1-3-5-7-9-11-13-15-17-19-21-23-24-25-26-27-28-29-30-31-32-33-34-35-36-37-38-39-40-41-42-44-46-48-50-52-54-56-58-60-62-68(76)73-65(64-80-72-71(79)70(78)69(77)67(63-74)81-72)66(75)61-59-57-55-53-51-49-47-45-43-22-20-18-16-14-12-10-8-6-4-2/h5,7,11,13,17,19,23-24,26-27,29-30,32-33,35-36,38-39,41-42,46,48,65-67,69-72,74-75,77-79H,3-4,6,8-10,12,14-16,18,20-22,25,28,31,34,37,40,43-45,47,49-64H2,1-2H3,(H,73,76)/b7-5-,13-11-,19-17-,24-23-,27-26-,30-29-,33-32-,36-35-,39-38-,42-41-,48-46-. The van der Waals surface area contributed by atoms with Gasteiger partial charge in [0.15, 0.2) is 6.29 Å². The van der Waals surface area contributed by atoms with Crippen molar-refractivity contribution in [3.05, 3.63) is 134 Å². The van der Waals surface area contributed by atoms with Crippen LogP contribution in [0.3, 0.4) is 0 Å². The summed E-state index contributed by atoms with van der Waals surface area (Å²) in [6.07, 6.45) is 83.5. The van der Waals surface area contributed by atoms with E-state index < -0.39 is 49.5 Å². The summed E-state index contributed by atoms with van der Waals surface area (Å²) in [5, 5.41) is 54.8. The van der Waals surface area contributed by atoms with Crippen LogP contribution in [0.4, 0.5) is 0 Å². The first-order valence-corrected chi connectivity index (χ1v) is 32.9. The van der Waals surface area contributed by atoms with Crippen molar-refractivity contribution in [2.24, 2.45) is 0 Å². The summed E-state index contributed by atoms with van der Waals surface area (Å²) in [7, 11) is 0. The molecule has 0 saturated carbocycles. The molecule has 1 saturated heterocycles. The number of ether oxygens (including phenoxy) is 2. The molecule has 1 aliphatic rings. The van der Waals surface area contributed by atoms with Crippen LogP contribution in [0.25, 0.3) is 0 Å². The van der Waals surface area contributed by atoms with Crippen molar-refractivity contribution in [3.8, 4) is 0 Å². The molecule has 0 aliphatic carbocycles. The Bertz CT molecular complexity index is 1740. The molecule has 1 rings (SSSR count). The summed E-state index contributed by atoms with van der Waals surface area (Å²) in [5.74, 6) is -0.166. The van der Waals surface area contributed by atoms with E-state index in [0.717, 1.165) is 128 Å². The van der Waals surface area contributed by atoms with Gasteiger partial charge in [-0.15, -0.1) is 0 Å². The van der Waals surface area contributed by atoms with Gasteiger partial charge in [-0.05, 0) is 96.3 Å². The van der Waals surface area contributed by atoms with Crippen molar-refractivity contribution < 1.29 is 39.8 Å².